The van der Waals surface area contributed by atoms with Gasteiger partial charge in [0.25, 0.3) is 0 Å². The third-order valence-corrected chi connectivity index (χ3v) is 1.77. The lowest BCUT2D eigenvalue weighted by Gasteiger charge is -2.01. The van der Waals surface area contributed by atoms with Gasteiger partial charge in [-0.25, -0.2) is 4.39 Å². The average molecular weight is 190 g/mol. The van der Waals surface area contributed by atoms with Gasteiger partial charge in [-0.05, 0) is 31.6 Å². The van der Waals surface area contributed by atoms with Crippen LogP contribution in [0, 0.1) is 24.6 Å². The van der Waals surface area contributed by atoms with E-state index < -0.39 is 5.82 Å². The smallest absolute Gasteiger partial charge is 0.145 e. The van der Waals surface area contributed by atoms with E-state index in [1.54, 1.807) is 6.92 Å². The van der Waals surface area contributed by atoms with Gasteiger partial charge >= 0.3 is 0 Å². The van der Waals surface area contributed by atoms with Crippen LogP contribution in [-0.2, 0) is 0 Å². The number of hydrogen-bond acceptors (Lipinski definition) is 1. The lowest BCUT2D eigenvalue weighted by atomic mass is 10.1. The third kappa shape index (κ3) is 2.14. The van der Waals surface area contributed by atoms with Crippen LogP contribution in [0.2, 0.25) is 0 Å². The Hall–Kier alpha value is -1.75. The number of aromatic hydroxyl groups is 1. The Labute approximate surface area is 82.9 Å². The molecule has 0 bridgehead atoms. The number of halogens is 1. The number of phenols is 1. The second kappa shape index (κ2) is 3.97. The molecule has 0 heterocycles. The first-order valence-corrected chi connectivity index (χ1v) is 4.18. The molecule has 0 saturated heterocycles. The predicted octanol–water partition coefficient (Wildman–Crippen LogP) is 2.77. The summed E-state index contributed by atoms with van der Waals surface area (Å²) in [5.74, 6) is 4.80. The van der Waals surface area contributed by atoms with Crippen LogP contribution in [0.1, 0.15) is 18.1 Å². The highest BCUT2D eigenvalue weighted by Gasteiger charge is 2.06. The van der Waals surface area contributed by atoms with Crippen molar-refractivity contribution in [2.75, 3.05) is 0 Å². The van der Waals surface area contributed by atoms with Gasteiger partial charge in [-0.2, -0.15) is 0 Å². The Morgan fingerprint density at radius 2 is 2.14 bits per heavy atom. The number of allylic oxidation sites excluding steroid dienone is 1. The number of hydrogen-bond donors (Lipinski definition) is 1. The van der Waals surface area contributed by atoms with Gasteiger partial charge in [-0.15, -0.1) is 0 Å². The highest BCUT2D eigenvalue weighted by atomic mass is 19.1. The zero-order valence-electron chi connectivity index (χ0n) is 8.19. The normalized spacial score (nSPS) is 9.07. The van der Waals surface area contributed by atoms with Crippen molar-refractivity contribution < 1.29 is 9.50 Å². The molecule has 1 aromatic rings. The molecular formula is C12H11FO. The van der Waals surface area contributed by atoms with Gasteiger partial charge in [-0.3, -0.25) is 0 Å². The number of rotatable bonds is 0. The van der Waals surface area contributed by atoms with Crippen LogP contribution < -0.4 is 0 Å². The molecule has 0 unspecified atom stereocenters. The summed E-state index contributed by atoms with van der Waals surface area (Å²) in [5, 5.41) is 9.20. The maximum atomic E-state index is 13.4. The SMILES string of the molecule is C=C(C)C#Cc1ccc(O)c(C)c1F. The molecule has 14 heavy (non-hydrogen) atoms. The second-order valence-electron chi connectivity index (χ2n) is 3.10. The van der Waals surface area contributed by atoms with Gasteiger partial charge in [0, 0.05) is 5.56 Å². The molecule has 1 nitrogen and oxygen atoms in total. The summed E-state index contributed by atoms with van der Waals surface area (Å²) in [5.41, 5.74) is 1.18. The summed E-state index contributed by atoms with van der Waals surface area (Å²) in [6, 6.07) is 2.88. The zero-order chi connectivity index (χ0) is 10.7. The maximum Gasteiger partial charge on any atom is 0.145 e. The lowest BCUT2D eigenvalue weighted by molar-refractivity contribution is 0.462. The first-order chi connectivity index (χ1) is 6.52. The molecule has 0 saturated carbocycles. The Balaban J connectivity index is 3.20. The average Bonchev–Trinajstić information content (AvgIpc) is 2.13. The van der Waals surface area contributed by atoms with Crippen molar-refractivity contribution in [3.63, 3.8) is 0 Å². The fourth-order valence-electron chi connectivity index (χ4n) is 0.945. The molecule has 1 aromatic carbocycles. The quantitative estimate of drug-likeness (QED) is 0.624. The third-order valence-electron chi connectivity index (χ3n) is 1.77. The minimum absolute atomic E-state index is 0.0524. The van der Waals surface area contributed by atoms with E-state index in [1.807, 2.05) is 0 Å². The maximum absolute atomic E-state index is 13.4. The highest BCUT2D eigenvalue weighted by molar-refractivity contribution is 5.46. The Morgan fingerprint density at radius 3 is 2.71 bits per heavy atom. The summed E-state index contributed by atoms with van der Waals surface area (Å²) in [6.07, 6.45) is 0. The summed E-state index contributed by atoms with van der Waals surface area (Å²) in [4.78, 5) is 0. The Morgan fingerprint density at radius 1 is 1.50 bits per heavy atom. The minimum atomic E-state index is -0.473. The molecular weight excluding hydrogens is 179 g/mol. The van der Waals surface area contributed by atoms with Crippen molar-refractivity contribution in [1.82, 2.24) is 0 Å². The molecule has 0 aliphatic carbocycles. The Kier molecular flexibility index (Phi) is 2.93. The fourth-order valence-corrected chi connectivity index (χ4v) is 0.945. The van der Waals surface area contributed by atoms with Crippen molar-refractivity contribution in [2.24, 2.45) is 0 Å². The summed E-state index contributed by atoms with van der Waals surface area (Å²) in [6.45, 7) is 6.85. The first kappa shape index (κ1) is 10.3. The van der Waals surface area contributed by atoms with Gasteiger partial charge < -0.3 is 5.11 Å². The second-order valence-corrected chi connectivity index (χ2v) is 3.10. The minimum Gasteiger partial charge on any atom is -0.508 e. The molecule has 72 valence electrons. The molecule has 0 fully saturated rings. The number of phenolic OH excluding ortho intramolecular Hbond substituents is 1. The lowest BCUT2D eigenvalue weighted by Crippen LogP contribution is -1.88. The molecule has 0 spiro atoms. The van der Waals surface area contributed by atoms with Crippen LogP contribution in [0.3, 0.4) is 0 Å². The van der Waals surface area contributed by atoms with Gasteiger partial charge in [0.05, 0.1) is 5.56 Å². The summed E-state index contributed by atoms with van der Waals surface area (Å²) in [7, 11) is 0. The molecule has 0 aliphatic rings. The van der Waals surface area contributed by atoms with E-state index in [2.05, 4.69) is 18.4 Å². The van der Waals surface area contributed by atoms with Gasteiger partial charge in [0.15, 0.2) is 0 Å². The van der Waals surface area contributed by atoms with Crippen molar-refractivity contribution in [2.45, 2.75) is 13.8 Å². The van der Waals surface area contributed by atoms with E-state index in [1.165, 1.54) is 19.1 Å². The highest BCUT2D eigenvalue weighted by Crippen LogP contribution is 2.21. The molecule has 0 aliphatic heterocycles. The van der Waals surface area contributed by atoms with E-state index in [0.29, 0.717) is 5.57 Å². The topological polar surface area (TPSA) is 20.2 Å². The van der Waals surface area contributed by atoms with E-state index in [4.69, 9.17) is 0 Å². The molecule has 0 radical (unpaired) electrons. The molecule has 0 atom stereocenters. The van der Waals surface area contributed by atoms with E-state index in [9.17, 15) is 9.50 Å². The van der Waals surface area contributed by atoms with Crippen LogP contribution in [0.15, 0.2) is 24.3 Å². The van der Waals surface area contributed by atoms with Gasteiger partial charge in [0.2, 0.25) is 0 Å². The van der Waals surface area contributed by atoms with Gasteiger partial charge in [-0.1, -0.05) is 18.4 Å². The van der Waals surface area contributed by atoms with Crippen LogP contribution in [0.5, 0.6) is 5.75 Å². The molecule has 0 amide bonds. The fraction of sp³-hybridized carbons (Fsp3) is 0.167. The molecule has 0 aromatic heterocycles. The van der Waals surface area contributed by atoms with Crippen molar-refractivity contribution in [3.8, 4) is 17.6 Å². The van der Waals surface area contributed by atoms with Crippen LogP contribution in [0.4, 0.5) is 4.39 Å². The number of benzene rings is 1. The van der Waals surface area contributed by atoms with Crippen molar-refractivity contribution in [3.05, 3.63) is 41.2 Å². The monoisotopic (exact) mass is 190 g/mol. The molecule has 1 rings (SSSR count). The Bertz CT molecular complexity index is 436. The van der Waals surface area contributed by atoms with Crippen LogP contribution in [0.25, 0.3) is 0 Å². The van der Waals surface area contributed by atoms with Crippen molar-refractivity contribution in [1.29, 1.82) is 0 Å². The largest absolute Gasteiger partial charge is 0.508 e. The molecule has 2 heteroatoms. The van der Waals surface area contributed by atoms with E-state index in [-0.39, 0.29) is 16.9 Å². The summed E-state index contributed by atoms with van der Waals surface area (Å²) >= 11 is 0. The van der Waals surface area contributed by atoms with Crippen LogP contribution >= 0.6 is 0 Å². The summed E-state index contributed by atoms with van der Waals surface area (Å²) < 4.78 is 13.4. The zero-order valence-corrected chi connectivity index (χ0v) is 8.19. The van der Waals surface area contributed by atoms with E-state index in [0.717, 1.165) is 0 Å². The molecule has 1 N–H and O–H groups in total. The standard InChI is InChI=1S/C12H11FO/c1-8(2)4-5-10-6-7-11(14)9(3)12(10)13/h6-7,14H,1H2,2-3H3. The van der Waals surface area contributed by atoms with E-state index >= 15 is 0 Å². The van der Waals surface area contributed by atoms with Gasteiger partial charge in [0.1, 0.15) is 11.6 Å². The predicted molar refractivity (Wildman–Crippen MR) is 54.5 cm³/mol. The van der Waals surface area contributed by atoms with Crippen molar-refractivity contribution >= 4 is 0 Å². The van der Waals surface area contributed by atoms with Crippen LogP contribution in [-0.4, -0.2) is 5.11 Å². The first-order valence-electron chi connectivity index (χ1n) is 4.18.